The Hall–Kier alpha value is -6.46. The average Bonchev–Trinajstić information content (AvgIpc) is 3.73. The number of thiazole rings is 1. The molecule has 0 aliphatic carbocycles. The Morgan fingerprint density at radius 3 is 1.80 bits per heavy atom. The number of para-hydroxylation sites is 3. The zero-order chi connectivity index (χ0) is 35.2. The summed E-state index contributed by atoms with van der Waals surface area (Å²) in [5.74, 6) is -3.39. The Morgan fingerprint density at radius 2 is 1.16 bits per heavy atom. The minimum absolute atomic E-state index is 0.00222. The van der Waals surface area contributed by atoms with Crippen molar-refractivity contribution in [2.24, 2.45) is 0 Å². The van der Waals surface area contributed by atoms with Crippen molar-refractivity contribution in [3.63, 3.8) is 0 Å². The summed E-state index contributed by atoms with van der Waals surface area (Å²) in [6.07, 6.45) is 0. The van der Waals surface area contributed by atoms with Crippen LogP contribution in [0.5, 0.6) is 28.7 Å². The minimum Gasteiger partial charge on any atom is -0.507 e. The quantitative estimate of drug-likeness (QED) is 0.0775. The largest absolute Gasteiger partial charge is 0.507 e. The molecular weight excluding hydrogens is 655 g/mol. The first kappa shape index (κ1) is 30.8. The highest BCUT2D eigenvalue weighted by molar-refractivity contribution is 7.20. The van der Waals surface area contributed by atoms with Gasteiger partial charge in [0, 0.05) is 32.7 Å². The van der Waals surface area contributed by atoms with Crippen LogP contribution in [0.1, 0.15) is 48.2 Å². The van der Waals surface area contributed by atoms with Crippen LogP contribution in [0.2, 0.25) is 0 Å². The third-order valence-electron chi connectivity index (χ3n) is 9.14. The van der Waals surface area contributed by atoms with Gasteiger partial charge in [-0.2, -0.15) is 0 Å². The summed E-state index contributed by atoms with van der Waals surface area (Å²) in [4.78, 5) is 39.5. The topological polar surface area (TPSA) is 177 Å². The molecule has 6 aromatic carbocycles. The molecule has 0 saturated carbocycles. The van der Waals surface area contributed by atoms with Gasteiger partial charge in [-0.1, -0.05) is 24.3 Å². The normalized spacial score (nSPS) is 11.7. The average molecular weight is 682 g/mol. The predicted molar refractivity (Wildman–Crippen MR) is 192 cm³/mol. The zero-order valence-electron chi connectivity index (χ0n) is 26.8. The molecule has 10 nitrogen and oxygen atoms in total. The fourth-order valence-corrected chi connectivity index (χ4v) is 7.66. The van der Waals surface area contributed by atoms with E-state index in [2.05, 4.69) is 15.0 Å². The Morgan fingerprint density at radius 1 is 0.600 bits per heavy atom. The summed E-state index contributed by atoms with van der Waals surface area (Å²) in [5.41, 5.74) is 3.26. The number of aromatic hydroxyl groups is 5. The molecule has 0 bridgehead atoms. The summed E-state index contributed by atoms with van der Waals surface area (Å²) in [6, 6.07) is 20.4. The lowest BCUT2D eigenvalue weighted by molar-refractivity contribution is 0.102. The number of imidazole rings is 1. The first-order valence-corrected chi connectivity index (χ1v) is 16.4. The van der Waals surface area contributed by atoms with E-state index in [9.17, 15) is 35.1 Å². The van der Waals surface area contributed by atoms with Gasteiger partial charge in [-0.25, -0.2) is 9.97 Å². The number of fused-ring (bicyclic) bond motifs is 4. The molecule has 246 valence electrons. The highest BCUT2D eigenvalue weighted by atomic mass is 32.1. The number of phenols is 5. The summed E-state index contributed by atoms with van der Waals surface area (Å²) < 4.78 is 0.817. The maximum Gasteiger partial charge on any atom is 0.232 e. The van der Waals surface area contributed by atoms with Gasteiger partial charge in [0.1, 0.15) is 17.2 Å². The number of carbonyl (C=O) groups excluding carboxylic acids is 2. The zero-order valence-corrected chi connectivity index (χ0v) is 27.6. The molecule has 11 heteroatoms. The highest BCUT2D eigenvalue weighted by Gasteiger charge is 2.29. The molecule has 0 fully saturated rings. The number of aromatic amines is 1. The van der Waals surface area contributed by atoms with Gasteiger partial charge in [0.05, 0.1) is 32.4 Å². The molecule has 6 N–H and O–H groups in total. The number of nitrogens with zero attached hydrogens (tertiary/aromatic N) is 2. The van der Waals surface area contributed by atoms with Gasteiger partial charge >= 0.3 is 0 Å². The lowest BCUT2D eigenvalue weighted by atomic mass is 9.86. The van der Waals surface area contributed by atoms with Crippen LogP contribution < -0.4 is 0 Å². The highest BCUT2D eigenvalue weighted by Crippen LogP contribution is 2.50. The molecule has 8 aromatic rings. The summed E-state index contributed by atoms with van der Waals surface area (Å²) in [6.45, 7) is 5.00. The molecule has 2 aromatic heterocycles. The molecule has 2 heterocycles. The predicted octanol–water partition coefficient (Wildman–Crippen LogP) is 8.06. The van der Waals surface area contributed by atoms with Crippen molar-refractivity contribution in [2.45, 2.75) is 20.8 Å². The second kappa shape index (κ2) is 11.0. The SMILES string of the molecule is Cc1cc2c(O)c(-c3c(C)cc4c(C(=O)c5nc6ccccc6[nH]5)c(O)c(O)cc4c3O)c(C)cc2c(C(=O)c2nc3ccccc3s2)c1O. The van der Waals surface area contributed by atoms with E-state index in [0.29, 0.717) is 38.6 Å². The number of rotatable bonds is 5. The number of hydrogen-bond acceptors (Lipinski definition) is 10. The second-order valence-corrected chi connectivity index (χ2v) is 13.3. The van der Waals surface area contributed by atoms with Crippen molar-refractivity contribution in [3.05, 3.63) is 111 Å². The lowest BCUT2D eigenvalue weighted by Crippen LogP contribution is -2.06. The first-order valence-electron chi connectivity index (χ1n) is 15.5. The van der Waals surface area contributed by atoms with E-state index in [4.69, 9.17) is 0 Å². The number of hydrogen-bond donors (Lipinski definition) is 6. The van der Waals surface area contributed by atoms with Crippen LogP contribution in [-0.4, -0.2) is 52.1 Å². The van der Waals surface area contributed by atoms with Crippen LogP contribution in [0.3, 0.4) is 0 Å². The monoisotopic (exact) mass is 681 g/mol. The molecule has 0 aliphatic heterocycles. The molecule has 0 radical (unpaired) electrons. The number of aryl methyl sites for hydroxylation is 3. The molecule has 0 saturated heterocycles. The van der Waals surface area contributed by atoms with Crippen molar-refractivity contribution in [2.75, 3.05) is 0 Å². The Bertz CT molecular complexity index is 2540. The van der Waals surface area contributed by atoms with E-state index in [1.165, 1.54) is 11.3 Å². The Labute approximate surface area is 287 Å². The van der Waals surface area contributed by atoms with Crippen LogP contribution >= 0.6 is 11.3 Å². The molecule has 0 aliphatic rings. The van der Waals surface area contributed by atoms with Crippen molar-refractivity contribution >= 4 is 65.7 Å². The smallest absolute Gasteiger partial charge is 0.232 e. The van der Waals surface area contributed by atoms with E-state index in [1.807, 2.05) is 18.2 Å². The fraction of sp³-hybridized carbons (Fsp3) is 0.0769. The molecule has 50 heavy (non-hydrogen) atoms. The lowest BCUT2D eigenvalue weighted by Gasteiger charge is -2.20. The van der Waals surface area contributed by atoms with Gasteiger partial charge in [-0.05, 0) is 86.0 Å². The van der Waals surface area contributed by atoms with Crippen molar-refractivity contribution < 1.29 is 35.1 Å². The van der Waals surface area contributed by atoms with E-state index in [0.717, 1.165) is 10.8 Å². The summed E-state index contributed by atoms with van der Waals surface area (Å²) in [7, 11) is 0. The number of ketones is 2. The van der Waals surface area contributed by atoms with Crippen molar-refractivity contribution in [1.82, 2.24) is 15.0 Å². The minimum atomic E-state index is -0.698. The maximum atomic E-state index is 13.9. The standard InChI is InChI=1S/C39H27N3O7S/c1-16-12-19-21(14-18(3)32(44)30(19)37(49)39-42-25-10-6-7-11-27(25)50-39)33(45)28(16)29-17(2)13-20-22(34(29)46)15-26(43)35(47)31(20)36(48)38-40-23-8-4-5-9-24(23)41-38/h4-15,43-47H,1-3H3,(H,40,41). The van der Waals surface area contributed by atoms with Gasteiger partial charge < -0.3 is 30.5 Å². The van der Waals surface area contributed by atoms with E-state index < -0.39 is 23.1 Å². The molecular formula is C39H27N3O7S. The summed E-state index contributed by atoms with van der Waals surface area (Å²) in [5, 5.41) is 57.6. The van der Waals surface area contributed by atoms with Gasteiger partial charge in [0.15, 0.2) is 22.3 Å². The maximum absolute atomic E-state index is 13.9. The Balaban J connectivity index is 1.33. The van der Waals surface area contributed by atoms with Crippen molar-refractivity contribution in [3.8, 4) is 39.9 Å². The van der Waals surface area contributed by atoms with Gasteiger partial charge in [-0.15, -0.1) is 11.3 Å². The molecule has 0 spiro atoms. The van der Waals surface area contributed by atoms with Crippen LogP contribution in [0.4, 0.5) is 0 Å². The van der Waals surface area contributed by atoms with Crippen molar-refractivity contribution in [1.29, 1.82) is 0 Å². The number of H-pyrrole nitrogens is 1. The number of nitrogens with one attached hydrogen (secondary N) is 1. The number of benzene rings is 6. The first-order chi connectivity index (χ1) is 23.9. The van der Waals surface area contributed by atoms with Gasteiger partial charge in [0.25, 0.3) is 0 Å². The molecule has 8 rings (SSSR count). The van der Waals surface area contributed by atoms with Gasteiger partial charge in [-0.3, -0.25) is 9.59 Å². The third-order valence-corrected chi connectivity index (χ3v) is 10.2. The molecule has 0 unspecified atom stereocenters. The van der Waals surface area contributed by atoms with E-state index in [-0.39, 0.29) is 66.5 Å². The molecule has 0 amide bonds. The summed E-state index contributed by atoms with van der Waals surface area (Å²) >= 11 is 1.21. The molecule has 0 atom stereocenters. The van der Waals surface area contributed by atoms with Crippen LogP contribution in [-0.2, 0) is 0 Å². The van der Waals surface area contributed by atoms with Crippen LogP contribution in [0.15, 0.2) is 72.8 Å². The number of phenolic OH excluding ortho intramolecular Hbond substituents is 5. The second-order valence-electron chi connectivity index (χ2n) is 12.3. The van der Waals surface area contributed by atoms with Crippen LogP contribution in [0.25, 0.3) is 53.9 Å². The van der Waals surface area contributed by atoms with E-state index in [1.54, 1.807) is 69.3 Å². The third kappa shape index (κ3) is 4.47. The number of aromatic nitrogens is 3. The fourth-order valence-electron chi connectivity index (χ4n) is 6.75. The van der Waals surface area contributed by atoms with Gasteiger partial charge in [0.2, 0.25) is 11.6 Å². The number of carbonyl (C=O) groups is 2. The van der Waals surface area contributed by atoms with Crippen LogP contribution in [0, 0.1) is 20.8 Å². The van der Waals surface area contributed by atoms with E-state index >= 15 is 0 Å². The Kier molecular flexibility index (Phi) is 6.81.